The van der Waals surface area contributed by atoms with Crippen molar-refractivity contribution in [1.29, 1.82) is 0 Å². The molecule has 0 amide bonds. The quantitative estimate of drug-likeness (QED) is 0.258. The van der Waals surface area contributed by atoms with Crippen LogP contribution in [0.2, 0.25) is 0 Å². The predicted octanol–water partition coefficient (Wildman–Crippen LogP) is 1.06. The van der Waals surface area contributed by atoms with Crippen LogP contribution in [0.5, 0.6) is 0 Å². The third kappa shape index (κ3) is 8.78. The van der Waals surface area contributed by atoms with Crippen molar-refractivity contribution in [3.05, 3.63) is 0 Å². The summed E-state index contributed by atoms with van der Waals surface area (Å²) in [5.41, 5.74) is 0. The summed E-state index contributed by atoms with van der Waals surface area (Å²) in [4.78, 5) is 0. The van der Waals surface area contributed by atoms with Crippen molar-refractivity contribution in [1.82, 2.24) is 0 Å². The van der Waals surface area contributed by atoms with Crippen LogP contribution in [0.4, 0.5) is 30.7 Å². The van der Waals surface area contributed by atoms with E-state index >= 15 is 0 Å². The minimum Gasteiger partial charge on any atom is -0.743 e. The zero-order valence-corrected chi connectivity index (χ0v) is 15.7. The van der Waals surface area contributed by atoms with Crippen LogP contribution in [0.25, 0.3) is 0 Å². The monoisotopic (exact) mass is 386 g/mol. The minimum absolute atomic E-state index is 0. The number of hydrogen-bond donors (Lipinski definition) is 0. The second-order valence-corrected chi connectivity index (χ2v) is 5.98. The maximum Gasteiger partial charge on any atom is 1.00 e. The average molecular weight is 386 g/mol. The van der Waals surface area contributed by atoms with Crippen molar-refractivity contribution in [2.45, 2.75) is 62.3 Å². The van der Waals surface area contributed by atoms with E-state index in [-0.39, 0.29) is 77.1 Å². The fraction of sp³-hybridized carbons (Fsp3) is 1.00. The molecule has 12 heteroatoms. The van der Waals surface area contributed by atoms with Gasteiger partial charge in [0, 0.05) is 12.8 Å². The molecule has 0 aromatic carbocycles. The van der Waals surface area contributed by atoms with E-state index in [1.807, 2.05) is 0 Å². The summed E-state index contributed by atoms with van der Waals surface area (Å²) in [6.07, 6.45) is -7.45. The third-order valence-corrected chi connectivity index (χ3v) is 3.62. The molecule has 0 spiro atoms. The maximum atomic E-state index is 13.0. The van der Waals surface area contributed by atoms with Crippen LogP contribution >= 0.6 is 0 Å². The first kappa shape index (κ1) is 25.3. The van der Waals surface area contributed by atoms with E-state index < -0.39 is 46.7 Å². The summed E-state index contributed by atoms with van der Waals surface area (Å²) in [6, 6.07) is 0. The zero-order chi connectivity index (χ0) is 16.9. The van der Waals surface area contributed by atoms with Gasteiger partial charge in [-0.1, -0.05) is 19.3 Å². The summed E-state index contributed by atoms with van der Waals surface area (Å²) >= 11 is 0. The standard InChI is InChI=1S/C10H15F7O3S.K/c11-8(12,10(16,17)21(18,19)20)6-4-2-1-3-5-7-9(13,14)15;/h1-7H2,(H,18,19,20);/q;+1/p-1. The van der Waals surface area contributed by atoms with E-state index in [9.17, 15) is 43.7 Å². The average Bonchev–Trinajstić information content (AvgIpc) is 2.24. The second-order valence-electron chi connectivity index (χ2n) is 4.56. The van der Waals surface area contributed by atoms with E-state index in [1.165, 1.54) is 0 Å². The van der Waals surface area contributed by atoms with E-state index in [2.05, 4.69) is 0 Å². The van der Waals surface area contributed by atoms with Crippen LogP contribution in [-0.2, 0) is 10.1 Å². The summed E-state index contributed by atoms with van der Waals surface area (Å²) in [6.45, 7) is 0. The molecule has 0 unspecified atom stereocenters. The zero-order valence-electron chi connectivity index (χ0n) is 11.7. The molecule has 0 aromatic heterocycles. The molecule has 0 heterocycles. The summed E-state index contributed by atoms with van der Waals surface area (Å²) in [5, 5.41) is -5.70. The molecule has 3 nitrogen and oxygen atoms in total. The van der Waals surface area contributed by atoms with Gasteiger partial charge in [-0.25, -0.2) is 8.42 Å². The Labute approximate surface area is 166 Å². The smallest absolute Gasteiger partial charge is 0.743 e. The molecule has 0 aliphatic heterocycles. The Kier molecular flexibility index (Phi) is 10.9. The summed E-state index contributed by atoms with van der Waals surface area (Å²) < 4.78 is 117. The van der Waals surface area contributed by atoms with Crippen LogP contribution in [0.3, 0.4) is 0 Å². The number of alkyl halides is 7. The van der Waals surface area contributed by atoms with E-state index in [0.717, 1.165) is 0 Å². The number of halogens is 7. The van der Waals surface area contributed by atoms with E-state index in [4.69, 9.17) is 0 Å². The van der Waals surface area contributed by atoms with Gasteiger partial charge in [-0.15, -0.1) is 0 Å². The minimum atomic E-state index is -6.49. The molecule has 0 rings (SSSR count). The topological polar surface area (TPSA) is 57.2 Å². The molecule has 0 aromatic rings. The Morgan fingerprint density at radius 2 is 1.09 bits per heavy atom. The first-order chi connectivity index (χ1) is 9.21. The molecule has 0 radical (unpaired) electrons. The number of hydrogen-bond acceptors (Lipinski definition) is 3. The molecule has 0 saturated carbocycles. The van der Waals surface area contributed by atoms with Gasteiger partial charge in [0.2, 0.25) is 0 Å². The van der Waals surface area contributed by atoms with Gasteiger partial charge < -0.3 is 4.55 Å². The number of rotatable bonds is 9. The van der Waals surface area contributed by atoms with Crippen LogP contribution in [-0.4, -0.2) is 30.3 Å². The summed E-state index contributed by atoms with van der Waals surface area (Å²) in [7, 11) is -6.49. The molecular weight excluding hydrogens is 372 g/mol. The first-order valence-corrected chi connectivity index (χ1v) is 7.39. The van der Waals surface area contributed by atoms with Gasteiger partial charge in [-0.05, 0) is 12.8 Å². The molecule has 0 aliphatic rings. The van der Waals surface area contributed by atoms with Crippen LogP contribution < -0.4 is 51.4 Å². The molecule has 0 N–H and O–H groups in total. The largest absolute Gasteiger partial charge is 1.00 e. The van der Waals surface area contributed by atoms with Gasteiger partial charge in [-0.2, -0.15) is 30.7 Å². The predicted molar refractivity (Wildman–Crippen MR) is 58.0 cm³/mol. The number of unbranched alkanes of at least 4 members (excludes halogenated alkanes) is 4. The normalized spacial score (nSPS) is 13.8. The van der Waals surface area contributed by atoms with Crippen molar-refractivity contribution in [3.63, 3.8) is 0 Å². The van der Waals surface area contributed by atoms with Gasteiger partial charge >= 0.3 is 68.7 Å². The Bertz CT molecular complexity index is 423. The van der Waals surface area contributed by atoms with Gasteiger partial charge in [0.15, 0.2) is 10.1 Å². The fourth-order valence-electron chi connectivity index (χ4n) is 1.53. The van der Waals surface area contributed by atoms with E-state index in [0.29, 0.717) is 0 Å². The molecule has 0 aliphatic carbocycles. The third-order valence-electron chi connectivity index (χ3n) is 2.69. The van der Waals surface area contributed by atoms with Crippen molar-refractivity contribution >= 4 is 10.1 Å². The summed E-state index contributed by atoms with van der Waals surface area (Å²) in [5.74, 6) is -5.00. The molecule has 128 valence electrons. The van der Waals surface area contributed by atoms with Gasteiger partial charge in [-0.3, -0.25) is 0 Å². The van der Waals surface area contributed by atoms with Gasteiger partial charge in [0.1, 0.15) is 0 Å². The molecular formula is C10H14F7KO3S. The molecule has 0 saturated heterocycles. The Morgan fingerprint density at radius 3 is 1.45 bits per heavy atom. The van der Waals surface area contributed by atoms with Crippen LogP contribution in [0, 0.1) is 0 Å². The molecule has 0 fully saturated rings. The Hall–Kier alpha value is 1.06. The SMILES string of the molecule is O=S(=O)([O-])C(F)(F)C(F)(F)CCCCCCCC(F)(F)F.[K+]. The van der Waals surface area contributed by atoms with Crippen molar-refractivity contribution in [2.24, 2.45) is 0 Å². The van der Waals surface area contributed by atoms with E-state index in [1.54, 1.807) is 0 Å². The van der Waals surface area contributed by atoms with Gasteiger partial charge in [0.05, 0.1) is 0 Å². The maximum absolute atomic E-state index is 13.0. The van der Waals surface area contributed by atoms with Crippen molar-refractivity contribution < 1.29 is 95.1 Å². The molecule has 0 bridgehead atoms. The van der Waals surface area contributed by atoms with Crippen molar-refractivity contribution in [2.75, 3.05) is 0 Å². The van der Waals surface area contributed by atoms with Crippen LogP contribution in [0.1, 0.15) is 44.9 Å². The van der Waals surface area contributed by atoms with Crippen molar-refractivity contribution in [3.8, 4) is 0 Å². The second kappa shape index (κ2) is 9.52. The fourth-order valence-corrected chi connectivity index (χ4v) is 2.00. The first-order valence-electron chi connectivity index (χ1n) is 5.98. The Balaban J connectivity index is 0. The van der Waals surface area contributed by atoms with Crippen LogP contribution in [0.15, 0.2) is 0 Å². The Morgan fingerprint density at radius 1 is 0.727 bits per heavy atom. The molecule has 0 atom stereocenters. The van der Waals surface area contributed by atoms with Gasteiger partial charge in [0.25, 0.3) is 0 Å². The molecule has 22 heavy (non-hydrogen) atoms.